The summed E-state index contributed by atoms with van der Waals surface area (Å²) in [5.74, 6) is -0.0917. The number of aromatic nitrogens is 1. The van der Waals surface area contributed by atoms with Crippen molar-refractivity contribution in [3.8, 4) is 22.6 Å². The van der Waals surface area contributed by atoms with Gasteiger partial charge in [0.2, 0.25) is 0 Å². The molecule has 150 valence electrons. The van der Waals surface area contributed by atoms with Crippen molar-refractivity contribution >= 4 is 17.3 Å². The van der Waals surface area contributed by atoms with Crippen LogP contribution in [0.4, 0.5) is 14.5 Å². The first-order valence-corrected chi connectivity index (χ1v) is 9.60. The lowest BCUT2D eigenvalue weighted by Crippen LogP contribution is -2.25. The van der Waals surface area contributed by atoms with Crippen molar-refractivity contribution in [2.45, 2.75) is 33.1 Å². The molecule has 0 fully saturated rings. The molecule has 3 aromatic rings. The highest BCUT2D eigenvalue weighted by molar-refractivity contribution is 6.33. The fraction of sp³-hybridized carbons (Fsp3) is 0.227. The second-order valence-electron chi connectivity index (χ2n) is 6.83. The predicted octanol–water partition coefficient (Wildman–Crippen LogP) is 6.21. The first-order valence-electron chi connectivity index (χ1n) is 9.23. The highest BCUT2D eigenvalue weighted by Crippen LogP contribution is 2.46. The van der Waals surface area contributed by atoms with Gasteiger partial charge in [-0.25, -0.2) is 0 Å². The molecule has 0 saturated carbocycles. The molecule has 0 amide bonds. The van der Waals surface area contributed by atoms with E-state index < -0.39 is 6.29 Å². The Bertz CT molecular complexity index is 1060. The van der Waals surface area contributed by atoms with E-state index in [0.29, 0.717) is 17.1 Å². The van der Waals surface area contributed by atoms with Gasteiger partial charge >= 0.3 is 6.29 Å². The maximum absolute atomic E-state index is 13.3. The van der Waals surface area contributed by atoms with Gasteiger partial charge in [0.25, 0.3) is 0 Å². The quantitative estimate of drug-likeness (QED) is 0.537. The monoisotopic (exact) mass is 416 g/mol. The summed E-state index contributed by atoms with van der Waals surface area (Å²) in [5.41, 5.74) is 5.57. The molecule has 1 aromatic heterocycles. The number of alkyl halides is 2. The fourth-order valence-corrected chi connectivity index (χ4v) is 3.48. The summed E-state index contributed by atoms with van der Waals surface area (Å²) in [6.45, 7) is 4.66. The second kappa shape index (κ2) is 7.52. The molecule has 4 nitrogen and oxygen atoms in total. The molecule has 2 heterocycles. The molecule has 1 aliphatic heterocycles. The number of anilines is 1. The number of ether oxygens (including phenoxy) is 2. The minimum absolute atomic E-state index is 0.0264. The van der Waals surface area contributed by atoms with Gasteiger partial charge in [-0.3, -0.25) is 4.98 Å². The summed E-state index contributed by atoms with van der Waals surface area (Å²) in [7, 11) is 0. The van der Waals surface area contributed by atoms with Crippen LogP contribution in [0.1, 0.15) is 23.7 Å². The van der Waals surface area contributed by atoms with Gasteiger partial charge in [-0.05, 0) is 54.3 Å². The van der Waals surface area contributed by atoms with E-state index in [-0.39, 0.29) is 11.5 Å². The van der Waals surface area contributed by atoms with Crippen molar-refractivity contribution < 1.29 is 18.3 Å². The third-order valence-electron chi connectivity index (χ3n) is 4.74. The summed E-state index contributed by atoms with van der Waals surface area (Å²) >= 11 is 6.32. The van der Waals surface area contributed by atoms with Crippen LogP contribution in [0.15, 0.2) is 48.7 Å². The zero-order valence-electron chi connectivity index (χ0n) is 15.9. The zero-order valence-corrected chi connectivity index (χ0v) is 16.7. The van der Waals surface area contributed by atoms with E-state index in [2.05, 4.69) is 26.7 Å². The van der Waals surface area contributed by atoms with E-state index in [0.717, 1.165) is 34.5 Å². The molecule has 0 radical (unpaired) electrons. The average molecular weight is 417 g/mol. The lowest BCUT2D eigenvalue weighted by atomic mass is 10.00. The molecule has 1 aliphatic rings. The predicted molar refractivity (Wildman–Crippen MR) is 109 cm³/mol. The normalized spacial score (nSPS) is 14.1. The molecular formula is C22H19ClF2N2O2. The smallest absolute Gasteiger partial charge is 0.395 e. The molecule has 0 spiro atoms. The van der Waals surface area contributed by atoms with Crippen molar-refractivity contribution in [3.05, 3.63) is 70.5 Å². The molecule has 4 rings (SSSR count). The van der Waals surface area contributed by atoms with Gasteiger partial charge in [-0.1, -0.05) is 30.7 Å². The molecule has 0 bridgehead atoms. The minimum Gasteiger partial charge on any atom is -0.395 e. The Labute approximate surface area is 172 Å². The summed E-state index contributed by atoms with van der Waals surface area (Å²) < 4.78 is 35.7. The van der Waals surface area contributed by atoms with E-state index in [9.17, 15) is 8.78 Å². The summed E-state index contributed by atoms with van der Waals surface area (Å²) in [6, 6.07) is 12.7. The van der Waals surface area contributed by atoms with Gasteiger partial charge < -0.3 is 14.8 Å². The van der Waals surface area contributed by atoms with Crippen LogP contribution in [-0.2, 0) is 13.0 Å². The average Bonchev–Trinajstić information content (AvgIpc) is 2.99. The standard InChI is InChI=1S/C22H19ClF2N2O2/c1-3-15-8-16(6-7-19(15)27-12-14-5-4-13(2)26-11-14)17-9-20-21(10-18(17)23)29-22(24,25)28-20/h4-11,27H,3,12H2,1-2H3. The Hall–Kier alpha value is -2.86. The van der Waals surface area contributed by atoms with Crippen LogP contribution in [0, 0.1) is 6.92 Å². The van der Waals surface area contributed by atoms with Crippen LogP contribution >= 0.6 is 11.6 Å². The summed E-state index contributed by atoms with van der Waals surface area (Å²) in [5, 5.41) is 3.75. The third kappa shape index (κ3) is 4.12. The van der Waals surface area contributed by atoms with Gasteiger partial charge in [-0.15, -0.1) is 8.78 Å². The number of hydrogen-bond donors (Lipinski definition) is 1. The lowest BCUT2D eigenvalue weighted by Gasteiger charge is -2.14. The van der Waals surface area contributed by atoms with Gasteiger partial charge in [-0.2, -0.15) is 0 Å². The maximum Gasteiger partial charge on any atom is 0.586 e. The number of rotatable bonds is 5. The number of fused-ring (bicyclic) bond motifs is 1. The molecule has 2 aromatic carbocycles. The number of aryl methyl sites for hydroxylation is 2. The Morgan fingerprint density at radius 1 is 1.07 bits per heavy atom. The molecule has 0 unspecified atom stereocenters. The fourth-order valence-electron chi connectivity index (χ4n) is 3.22. The summed E-state index contributed by atoms with van der Waals surface area (Å²) in [4.78, 5) is 4.31. The van der Waals surface area contributed by atoms with E-state index in [1.54, 1.807) is 0 Å². The first kappa shape index (κ1) is 19.5. The van der Waals surface area contributed by atoms with Crippen molar-refractivity contribution in [3.63, 3.8) is 0 Å². The van der Waals surface area contributed by atoms with Crippen LogP contribution in [0.25, 0.3) is 11.1 Å². The van der Waals surface area contributed by atoms with Crippen molar-refractivity contribution in [1.82, 2.24) is 4.98 Å². The van der Waals surface area contributed by atoms with Crippen LogP contribution < -0.4 is 14.8 Å². The number of benzene rings is 2. The van der Waals surface area contributed by atoms with Crippen LogP contribution in [0.3, 0.4) is 0 Å². The molecule has 0 saturated heterocycles. The Balaban J connectivity index is 1.59. The van der Waals surface area contributed by atoms with Crippen LogP contribution in [0.2, 0.25) is 5.02 Å². The second-order valence-corrected chi connectivity index (χ2v) is 7.24. The topological polar surface area (TPSA) is 43.4 Å². The Kier molecular flexibility index (Phi) is 5.04. The van der Waals surface area contributed by atoms with E-state index >= 15 is 0 Å². The minimum atomic E-state index is -3.67. The lowest BCUT2D eigenvalue weighted by molar-refractivity contribution is -0.286. The number of halogens is 3. The van der Waals surface area contributed by atoms with Gasteiger partial charge in [0.05, 0.1) is 5.02 Å². The van der Waals surface area contributed by atoms with Crippen LogP contribution in [-0.4, -0.2) is 11.3 Å². The zero-order chi connectivity index (χ0) is 20.6. The number of pyridine rings is 1. The SMILES string of the molecule is CCc1cc(-c2cc3c(cc2Cl)OC(F)(F)O3)ccc1NCc1ccc(C)nc1. The van der Waals surface area contributed by atoms with Crippen molar-refractivity contribution in [2.75, 3.05) is 5.32 Å². The first-order chi connectivity index (χ1) is 13.8. The Morgan fingerprint density at radius 3 is 2.52 bits per heavy atom. The summed E-state index contributed by atoms with van der Waals surface area (Å²) in [6.07, 6.45) is -1.02. The van der Waals surface area contributed by atoms with Crippen LogP contribution in [0.5, 0.6) is 11.5 Å². The molecule has 0 aliphatic carbocycles. The molecule has 1 N–H and O–H groups in total. The molecule has 29 heavy (non-hydrogen) atoms. The number of nitrogens with zero attached hydrogens (tertiary/aromatic N) is 1. The van der Waals surface area contributed by atoms with Gasteiger partial charge in [0.1, 0.15) is 0 Å². The maximum atomic E-state index is 13.3. The number of hydrogen-bond acceptors (Lipinski definition) is 4. The van der Waals surface area contributed by atoms with E-state index in [1.807, 2.05) is 43.5 Å². The van der Waals surface area contributed by atoms with Gasteiger partial charge in [0, 0.05) is 35.8 Å². The Morgan fingerprint density at radius 2 is 1.83 bits per heavy atom. The molecular weight excluding hydrogens is 398 g/mol. The van der Waals surface area contributed by atoms with Gasteiger partial charge in [0.15, 0.2) is 11.5 Å². The highest BCUT2D eigenvalue weighted by Gasteiger charge is 2.43. The van der Waals surface area contributed by atoms with E-state index in [4.69, 9.17) is 11.6 Å². The number of nitrogens with one attached hydrogen (secondary N) is 1. The largest absolute Gasteiger partial charge is 0.586 e. The molecule has 0 atom stereocenters. The van der Waals surface area contributed by atoms with Crippen molar-refractivity contribution in [2.24, 2.45) is 0 Å². The molecule has 7 heteroatoms. The van der Waals surface area contributed by atoms with E-state index in [1.165, 1.54) is 12.1 Å². The highest BCUT2D eigenvalue weighted by atomic mass is 35.5. The van der Waals surface area contributed by atoms with Crippen molar-refractivity contribution in [1.29, 1.82) is 0 Å². The third-order valence-corrected chi connectivity index (χ3v) is 5.06.